The summed E-state index contributed by atoms with van der Waals surface area (Å²) in [6.07, 6.45) is -3.65. The Bertz CT molecular complexity index is 946. The molecular formula is C18H18F4N6O3. The molecule has 166 valence electrons. The zero-order chi connectivity index (χ0) is 23.6. The van der Waals surface area contributed by atoms with E-state index in [9.17, 15) is 22.4 Å². The third kappa shape index (κ3) is 8.94. The lowest BCUT2D eigenvalue weighted by Crippen LogP contribution is -2.47. The van der Waals surface area contributed by atoms with Gasteiger partial charge in [-0.15, -0.1) is 0 Å². The Kier molecular flexibility index (Phi) is 9.14. The molecule has 0 atom stereocenters. The molecule has 1 heterocycles. The van der Waals surface area contributed by atoms with Crippen LogP contribution in [0.15, 0.2) is 36.5 Å². The zero-order valence-corrected chi connectivity index (χ0v) is 16.3. The predicted molar refractivity (Wildman–Crippen MR) is 101 cm³/mol. The SMILES string of the molecule is CC(C)CN(NC(=O)Nc1ccccc1F)c1ccnc(C#N)n1.O=C(O)C(F)(F)F. The molecule has 0 spiro atoms. The number of anilines is 2. The minimum absolute atomic E-state index is 0.00225. The number of carbonyl (C=O) groups excluding carboxylic acids is 1. The van der Waals surface area contributed by atoms with Crippen molar-refractivity contribution < 1.29 is 32.3 Å². The number of urea groups is 1. The maximum atomic E-state index is 13.6. The number of aliphatic carboxylic acids is 1. The number of hydrogen-bond acceptors (Lipinski definition) is 6. The molecule has 2 rings (SSSR count). The first-order valence-electron chi connectivity index (χ1n) is 8.57. The van der Waals surface area contributed by atoms with Crippen molar-refractivity contribution >= 4 is 23.5 Å². The number of nitrogens with one attached hydrogen (secondary N) is 2. The van der Waals surface area contributed by atoms with Crippen LogP contribution in [0.1, 0.15) is 19.7 Å². The van der Waals surface area contributed by atoms with Crippen LogP contribution in [-0.4, -0.2) is 39.8 Å². The van der Waals surface area contributed by atoms with Gasteiger partial charge in [-0.2, -0.15) is 23.4 Å². The van der Waals surface area contributed by atoms with E-state index in [-0.39, 0.29) is 17.4 Å². The molecule has 0 unspecified atom stereocenters. The number of alkyl halides is 3. The van der Waals surface area contributed by atoms with Crippen molar-refractivity contribution in [3.8, 4) is 6.07 Å². The molecule has 0 aliphatic rings. The van der Waals surface area contributed by atoms with Crippen LogP contribution in [0.25, 0.3) is 0 Å². The number of benzene rings is 1. The molecule has 1 aromatic heterocycles. The molecule has 0 aliphatic heterocycles. The molecule has 0 aliphatic carbocycles. The molecule has 0 radical (unpaired) electrons. The third-order valence-corrected chi connectivity index (χ3v) is 3.17. The average molecular weight is 442 g/mol. The number of para-hydroxylation sites is 1. The van der Waals surface area contributed by atoms with Gasteiger partial charge in [0, 0.05) is 18.8 Å². The molecule has 0 saturated carbocycles. The summed E-state index contributed by atoms with van der Waals surface area (Å²) in [7, 11) is 0. The van der Waals surface area contributed by atoms with Gasteiger partial charge in [0.1, 0.15) is 11.9 Å². The monoisotopic (exact) mass is 442 g/mol. The van der Waals surface area contributed by atoms with E-state index in [1.165, 1.54) is 29.4 Å². The molecule has 2 amide bonds. The first kappa shape index (κ1) is 25.1. The summed E-state index contributed by atoms with van der Waals surface area (Å²) in [6.45, 7) is 4.39. The fourth-order valence-electron chi connectivity index (χ4n) is 1.95. The van der Waals surface area contributed by atoms with Gasteiger partial charge in [0.05, 0.1) is 5.69 Å². The second kappa shape index (κ2) is 11.3. The maximum Gasteiger partial charge on any atom is 0.490 e. The van der Waals surface area contributed by atoms with E-state index in [1.54, 1.807) is 12.1 Å². The van der Waals surface area contributed by atoms with Gasteiger partial charge in [-0.25, -0.2) is 24.4 Å². The summed E-state index contributed by atoms with van der Waals surface area (Å²) in [5.74, 6) is -2.71. The van der Waals surface area contributed by atoms with Crippen molar-refractivity contribution in [2.75, 3.05) is 16.9 Å². The van der Waals surface area contributed by atoms with Crippen molar-refractivity contribution in [2.45, 2.75) is 20.0 Å². The minimum atomic E-state index is -5.08. The highest BCUT2D eigenvalue weighted by atomic mass is 19.4. The van der Waals surface area contributed by atoms with Crippen molar-refractivity contribution in [1.82, 2.24) is 15.4 Å². The molecule has 0 bridgehead atoms. The van der Waals surface area contributed by atoms with E-state index >= 15 is 0 Å². The van der Waals surface area contributed by atoms with Crippen molar-refractivity contribution in [3.63, 3.8) is 0 Å². The summed E-state index contributed by atoms with van der Waals surface area (Å²) >= 11 is 0. The molecule has 0 fully saturated rings. The first-order chi connectivity index (χ1) is 14.4. The van der Waals surface area contributed by atoms with Gasteiger partial charge in [-0.1, -0.05) is 26.0 Å². The highest BCUT2D eigenvalue weighted by Crippen LogP contribution is 2.14. The molecule has 9 nitrogen and oxygen atoms in total. The summed E-state index contributed by atoms with van der Waals surface area (Å²) in [5, 5.41) is 19.9. The predicted octanol–water partition coefficient (Wildman–Crippen LogP) is 3.32. The van der Waals surface area contributed by atoms with E-state index in [2.05, 4.69) is 20.7 Å². The third-order valence-electron chi connectivity index (χ3n) is 3.17. The van der Waals surface area contributed by atoms with Crippen LogP contribution in [0, 0.1) is 23.1 Å². The van der Waals surface area contributed by atoms with Crippen LogP contribution in [0.2, 0.25) is 0 Å². The second-order valence-corrected chi connectivity index (χ2v) is 6.20. The summed E-state index contributed by atoms with van der Waals surface area (Å²) in [4.78, 5) is 28.9. The number of rotatable bonds is 5. The molecular weight excluding hydrogens is 424 g/mol. The number of nitrogens with zero attached hydrogens (tertiary/aromatic N) is 4. The minimum Gasteiger partial charge on any atom is -0.475 e. The normalized spacial score (nSPS) is 10.4. The average Bonchev–Trinajstić information content (AvgIpc) is 2.68. The lowest BCUT2D eigenvalue weighted by atomic mass is 10.2. The number of aromatic nitrogens is 2. The number of hydrogen-bond donors (Lipinski definition) is 3. The van der Waals surface area contributed by atoms with Crippen molar-refractivity contribution in [3.05, 3.63) is 48.2 Å². The van der Waals surface area contributed by atoms with Gasteiger partial charge in [-0.05, 0) is 18.1 Å². The van der Waals surface area contributed by atoms with Crippen LogP contribution >= 0.6 is 0 Å². The van der Waals surface area contributed by atoms with Crippen LogP contribution in [0.4, 0.5) is 33.9 Å². The lowest BCUT2D eigenvalue weighted by Gasteiger charge is -2.26. The molecule has 3 N–H and O–H groups in total. The molecule has 1 aromatic carbocycles. The Morgan fingerprint density at radius 2 is 1.87 bits per heavy atom. The Labute approximate surface area is 174 Å². The largest absolute Gasteiger partial charge is 0.490 e. The summed E-state index contributed by atoms with van der Waals surface area (Å²) in [6, 6.07) is 8.68. The fourth-order valence-corrected chi connectivity index (χ4v) is 1.95. The number of nitriles is 1. The summed E-state index contributed by atoms with van der Waals surface area (Å²) < 4.78 is 45.3. The number of hydrazine groups is 1. The lowest BCUT2D eigenvalue weighted by molar-refractivity contribution is -0.192. The quantitative estimate of drug-likeness (QED) is 0.478. The zero-order valence-electron chi connectivity index (χ0n) is 16.3. The highest BCUT2D eigenvalue weighted by Gasteiger charge is 2.38. The van der Waals surface area contributed by atoms with E-state index in [0.717, 1.165) is 0 Å². The standard InChI is InChI=1S/C16H17FN6O.C2HF3O2/c1-11(2)10-23(15-7-8-19-14(9-18)21-15)22-16(24)20-13-6-4-3-5-12(13)17;3-2(4,5)1(6)7/h3-8,11H,10H2,1-2H3,(H2,20,22,24);(H,6,7). The van der Waals surface area contributed by atoms with E-state index in [0.29, 0.717) is 12.4 Å². The van der Waals surface area contributed by atoms with Gasteiger partial charge in [0.2, 0.25) is 5.82 Å². The van der Waals surface area contributed by atoms with Gasteiger partial charge >= 0.3 is 18.2 Å². The Morgan fingerprint density at radius 1 is 1.26 bits per heavy atom. The summed E-state index contributed by atoms with van der Waals surface area (Å²) in [5.41, 5.74) is 2.68. The van der Waals surface area contributed by atoms with Crippen LogP contribution in [0.5, 0.6) is 0 Å². The topological polar surface area (TPSA) is 131 Å². The second-order valence-electron chi connectivity index (χ2n) is 6.20. The highest BCUT2D eigenvalue weighted by molar-refractivity contribution is 5.90. The Hall–Kier alpha value is -3.95. The number of amides is 2. The fraction of sp³-hybridized carbons (Fsp3) is 0.278. The van der Waals surface area contributed by atoms with Gasteiger partial charge in [-0.3, -0.25) is 5.01 Å². The van der Waals surface area contributed by atoms with E-state index in [4.69, 9.17) is 15.2 Å². The van der Waals surface area contributed by atoms with Gasteiger partial charge in [0.25, 0.3) is 0 Å². The molecule has 2 aromatic rings. The Morgan fingerprint density at radius 3 is 2.39 bits per heavy atom. The number of carbonyl (C=O) groups is 2. The van der Waals surface area contributed by atoms with Gasteiger partial charge < -0.3 is 10.4 Å². The van der Waals surface area contributed by atoms with E-state index in [1.807, 2.05) is 19.9 Å². The van der Waals surface area contributed by atoms with Crippen molar-refractivity contribution in [2.24, 2.45) is 5.92 Å². The molecule has 13 heteroatoms. The maximum absolute atomic E-state index is 13.6. The molecule has 0 saturated heterocycles. The van der Waals surface area contributed by atoms with E-state index < -0.39 is 24.0 Å². The molecule has 31 heavy (non-hydrogen) atoms. The van der Waals surface area contributed by atoms with Crippen molar-refractivity contribution in [1.29, 1.82) is 5.26 Å². The number of halogens is 4. The van der Waals surface area contributed by atoms with Gasteiger partial charge in [0.15, 0.2) is 5.82 Å². The van der Waals surface area contributed by atoms with Crippen LogP contribution in [-0.2, 0) is 4.79 Å². The first-order valence-corrected chi connectivity index (χ1v) is 8.57. The smallest absolute Gasteiger partial charge is 0.475 e. The van der Waals surface area contributed by atoms with Crippen LogP contribution < -0.4 is 15.8 Å². The van der Waals surface area contributed by atoms with Crippen LogP contribution in [0.3, 0.4) is 0 Å². The Balaban J connectivity index is 0.000000592. The number of carboxylic acid groups (broad SMARTS) is 1. The number of carboxylic acids is 1.